The molecule has 22 heavy (non-hydrogen) atoms. The summed E-state index contributed by atoms with van der Waals surface area (Å²) in [4.78, 5) is 0. The van der Waals surface area contributed by atoms with E-state index in [2.05, 4.69) is 90.1 Å². The van der Waals surface area contributed by atoms with Crippen LogP contribution in [0.3, 0.4) is 0 Å². The van der Waals surface area contributed by atoms with Gasteiger partial charge in [0.2, 0.25) is 0 Å². The van der Waals surface area contributed by atoms with Crippen molar-refractivity contribution in [2.45, 2.75) is 47.8 Å². The first-order valence-electron chi connectivity index (χ1n) is 8.00. The molecule has 2 aromatic rings. The van der Waals surface area contributed by atoms with Crippen molar-refractivity contribution in [1.82, 2.24) is 0 Å². The monoisotopic (exact) mass is 684 g/mol. The first kappa shape index (κ1) is 17.0. The average molecular weight is 684 g/mol. The van der Waals surface area contributed by atoms with Crippen LogP contribution in [0.1, 0.15) is 41.5 Å². The zero-order valence-corrected chi connectivity index (χ0v) is 21.5. The van der Waals surface area contributed by atoms with Gasteiger partial charge in [0.1, 0.15) is 0 Å². The molecule has 0 radical (unpaired) electrons. The molecule has 0 nitrogen and oxygen atoms in total. The van der Waals surface area contributed by atoms with Crippen LogP contribution in [0.25, 0.3) is 0 Å². The van der Waals surface area contributed by atoms with E-state index in [0.29, 0.717) is 6.25 Å². The van der Waals surface area contributed by atoms with Gasteiger partial charge in [0.15, 0.2) is 0 Å². The van der Waals surface area contributed by atoms with E-state index in [-0.39, 0.29) is 0 Å². The van der Waals surface area contributed by atoms with Crippen molar-refractivity contribution in [3.63, 3.8) is 0 Å². The second-order valence-electron chi connectivity index (χ2n) is 7.99. The molecule has 1 aliphatic rings. The zero-order valence-electron chi connectivity index (χ0n) is 14.5. The van der Waals surface area contributed by atoms with Gasteiger partial charge in [-0.1, -0.05) is 0 Å². The van der Waals surface area contributed by atoms with E-state index in [0.717, 1.165) is 0 Å². The van der Waals surface area contributed by atoms with Gasteiger partial charge in [0, 0.05) is 0 Å². The third-order valence-electron chi connectivity index (χ3n) is 4.07. The number of benzene rings is 2. The summed E-state index contributed by atoms with van der Waals surface area (Å²) in [5, 5.41) is 0. The first-order valence-corrected chi connectivity index (χ1v) is 18.4. The fourth-order valence-corrected chi connectivity index (χ4v) is 38.7. The van der Waals surface area contributed by atoms with Gasteiger partial charge in [-0.25, -0.2) is 0 Å². The molecule has 1 aliphatic heterocycles. The molecule has 0 bridgehead atoms. The molecule has 0 amide bonds. The van der Waals surface area contributed by atoms with Crippen molar-refractivity contribution in [3.05, 3.63) is 48.5 Å². The second-order valence-corrected chi connectivity index (χ2v) is 31.1. The molecule has 0 fully saturated rings. The molecule has 0 atom stereocenters. The summed E-state index contributed by atoms with van der Waals surface area (Å²) in [5.41, 5.74) is 0. The number of fused-ring (bicyclic) bond motifs is 2. The first-order chi connectivity index (χ1) is 10.2. The molecule has 0 N–H and O–H groups in total. The zero-order chi connectivity index (χ0) is 16.1. The van der Waals surface area contributed by atoms with Gasteiger partial charge in [0.25, 0.3) is 0 Å². The van der Waals surface area contributed by atoms with E-state index < -0.39 is 43.5 Å². The normalized spacial score (nSPS) is 16.3. The van der Waals surface area contributed by atoms with Crippen LogP contribution in [0.4, 0.5) is 0 Å². The number of rotatable bonds is 0. The Morgan fingerprint density at radius 3 is 0.909 bits per heavy atom. The molecule has 2 heteroatoms. The molecular weight excluding hydrogens is 658 g/mol. The third-order valence-corrected chi connectivity index (χ3v) is 33.9. The molecule has 3 rings (SSSR count). The molecule has 0 saturated heterocycles. The van der Waals surface area contributed by atoms with Crippen LogP contribution < -0.4 is 13.1 Å². The van der Waals surface area contributed by atoms with E-state index in [1.165, 1.54) is 0 Å². The van der Waals surface area contributed by atoms with Crippen molar-refractivity contribution < 1.29 is 0 Å². The summed E-state index contributed by atoms with van der Waals surface area (Å²) < 4.78 is 8.17. The second kappa shape index (κ2) is 5.93. The Labute approximate surface area is 151 Å². The Balaban J connectivity index is 2.34. The van der Waals surface area contributed by atoms with Gasteiger partial charge in [-0.15, -0.1) is 0 Å². The minimum atomic E-state index is -1.96. The van der Waals surface area contributed by atoms with Crippen LogP contribution in [-0.4, -0.2) is 43.5 Å². The van der Waals surface area contributed by atoms with Crippen molar-refractivity contribution in [2.75, 3.05) is 0 Å². The van der Waals surface area contributed by atoms with Gasteiger partial charge in [-0.05, 0) is 0 Å². The van der Waals surface area contributed by atoms with E-state index in [9.17, 15) is 0 Å². The average Bonchev–Trinajstić information content (AvgIpc) is 2.41. The van der Waals surface area contributed by atoms with E-state index in [4.69, 9.17) is 0 Å². The van der Waals surface area contributed by atoms with Crippen molar-refractivity contribution in [1.29, 1.82) is 0 Å². The summed E-state index contributed by atoms with van der Waals surface area (Å²) in [6.45, 7) is 14.9. The Bertz CT molecular complexity index is 582. The summed E-state index contributed by atoms with van der Waals surface area (Å²) in [5.74, 6) is 0. The van der Waals surface area contributed by atoms with Gasteiger partial charge in [-0.2, -0.15) is 0 Å². The van der Waals surface area contributed by atoms with Crippen molar-refractivity contribution >= 4 is 56.6 Å². The van der Waals surface area contributed by atoms with Gasteiger partial charge >= 0.3 is 153 Å². The van der Waals surface area contributed by atoms with E-state index in [1.807, 2.05) is 13.1 Å². The van der Waals surface area contributed by atoms with Crippen LogP contribution in [0.5, 0.6) is 0 Å². The SMILES string of the molecule is C[C](C)(C)[Bi]1[c]2cccc[c]2[Bi]([C](C)(C)C)[c]2cccc[c]21. The summed E-state index contributed by atoms with van der Waals surface area (Å²) in [7, 11) is 0. The maximum absolute atomic E-state index is 2.49. The Kier molecular flexibility index (Phi) is 4.60. The molecule has 1 heterocycles. The standard InChI is InChI=1S/2C6H4.2C4H9.2Bi/c2*1-2-4-6-5-3-1;2*1-4(2)3;;/h2*1-4H;2*1-3H3;;. The Morgan fingerprint density at radius 1 is 0.500 bits per heavy atom. The predicted molar refractivity (Wildman–Crippen MR) is 102 cm³/mol. The third kappa shape index (κ3) is 2.96. The fraction of sp³-hybridized carbons (Fsp3) is 0.400. The predicted octanol–water partition coefficient (Wildman–Crippen LogP) is 2.82. The van der Waals surface area contributed by atoms with E-state index in [1.54, 1.807) is 0 Å². The number of hydrogen-bond donors (Lipinski definition) is 0. The fourth-order valence-electron chi connectivity index (χ4n) is 3.39. The van der Waals surface area contributed by atoms with Crippen LogP contribution in [-0.2, 0) is 0 Å². The summed E-state index contributed by atoms with van der Waals surface area (Å²) in [6.07, 6.45) is 0. The van der Waals surface area contributed by atoms with Crippen LogP contribution in [0.2, 0.25) is 6.25 Å². The van der Waals surface area contributed by atoms with Crippen LogP contribution in [0.15, 0.2) is 48.5 Å². The molecule has 0 aliphatic carbocycles. The molecule has 2 aromatic carbocycles. The van der Waals surface area contributed by atoms with Gasteiger partial charge < -0.3 is 0 Å². The van der Waals surface area contributed by atoms with Gasteiger partial charge in [0.05, 0.1) is 0 Å². The van der Waals surface area contributed by atoms with Crippen LogP contribution in [0, 0.1) is 0 Å². The molecule has 116 valence electrons. The molecule has 0 unspecified atom stereocenters. The van der Waals surface area contributed by atoms with Crippen molar-refractivity contribution in [3.8, 4) is 0 Å². The Hall–Kier alpha value is 0.206. The molecule has 0 aromatic heterocycles. The quantitative estimate of drug-likeness (QED) is 0.375. The maximum atomic E-state index is 2.49. The Morgan fingerprint density at radius 2 is 0.727 bits per heavy atom. The number of hydrogen-bond acceptors (Lipinski definition) is 0. The van der Waals surface area contributed by atoms with Gasteiger partial charge in [-0.3, -0.25) is 0 Å². The minimum absolute atomic E-state index is 0.454. The topological polar surface area (TPSA) is 0 Å². The van der Waals surface area contributed by atoms with Crippen LogP contribution >= 0.6 is 0 Å². The van der Waals surface area contributed by atoms with E-state index >= 15 is 0 Å². The van der Waals surface area contributed by atoms with Crippen molar-refractivity contribution in [2.24, 2.45) is 0 Å². The molecule has 0 spiro atoms. The summed E-state index contributed by atoms with van der Waals surface area (Å²) in [6, 6.07) is 19.1. The molecule has 0 saturated carbocycles. The molecular formula is C20H26Bi2. The summed E-state index contributed by atoms with van der Waals surface area (Å²) >= 11 is -3.92.